The van der Waals surface area contributed by atoms with Gasteiger partial charge in [0.15, 0.2) is 17.3 Å². The van der Waals surface area contributed by atoms with Gasteiger partial charge in [0.1, 0.15) is 0 Å². The highest BCUT2D eigenvalue weighted by molar-refractivity contribution is 7.13. The maximum atomic E-state index is 13.0. The number of methoxy groups -OCH3 is 1. The van der Waals surface area contributed by atoms with Crippen LogP contribution in [0.25, 0.3) is 10.8 Å². The van der Waals surface area contributed by atoms with Crippen molar-refractivity contribution in [1.82, 2.24) is 20.4 Å². The zero-order valence-corrected chi connectivity index (χ0v) is 14.7. The second-order valence-electron chi connectivity index (χ2n) is 5.68. The van der Waals surface area contributed by atoms with E-state index in [0.717, 1.165) is 4.88 Å². The number of hydrogen-bond donors (Lipinski definition) is 1. The number of aromatic nitrogens is 4. The van der Waals surface area contributed by atoms with Crippen molar-refractivity contribution >= 4 is 29.1 Å². The summed E-state index contributed by atoms with van der Waals surface area (Å²) in [5.74, 6) is -2.87. The zero-order chi connectivity index (χ0) is 19.0. The molecule has 0 aromatic carbocycles. The maximum Gasteiger partial charge on any atom is 0.322 e. The smallest absolute Gasteiger partial charge is 0.322 e. The van der Waals surface area contributed by atoms with Crippen LogP contribution in [-0.4, -0.2) is 52.4 Å². The molecule has 4 heterocycles. The SMILES string of the molecule is COc1cc(N2CC(F)(F)C2)nnc1C(=O)Nc1nnc(-c2cccs2)o1. The maximum absolute atomic E-state index is 13.0. The Morgan fingerprint density at radius 1 is 1.33 bits per heavy atom. The number of nitrogens with zero attached hydrogens (tertiary/aromatic N) is 5. The number of thiophene rings is 1. The van der Waals surface area contributed by atoms with Crippen molar-refractivity contribution in [2.45, 2.75) is 5.92 Å². The van der Waals surface area contributed by atoms with Crippen LogP contribution in [0.15, 0.2) is 28.0 Å². The molecule has 0 atom stereocenters. The van der Waals surface area contributed by atoms with Gasteiger partial charge in [-0.25, -0.2) is 8.78 Å². The summed E-state index contributed by atoms with van der Waals surface area (Å²) in [6.45, 7) is -0.909. The molecule has 1 fully saturated rings. The Bertz CT molecular complexity index is 970. The van der Waals surface area contributed by atoms with Crippen molar-refractivity contribution in [3.8, 4) is 16.5 Å². The van der Waals surface area contributed by atoms with Gasteiger partial charge in [0, 0.05) is 6.07 Å². The van der Waals surface area contributed by atoms with Crippen LogP contribution in [-0.2, 0) is 0 Å². The van der Waals surface area contributed by atoms with E-state index < -0.39 is 24.9 Å². The lowest BCUT2D eigenvalue weighted by molar-refractivity contribution is -0.0268. The van der Waals surface area contributed by atoms with Crippen molar-refractivity contribution in [2.75, 3.05) is 30.4 Å². The Morgan fingerprint density at radius 3 is 2.81 bits per heavy atom. The summed E-state index contributed by atoms with van der Waals surface area (Å²) in [5.41, 5.74) is -0.135. The predicted octanol–water partition coefficient (Wildman–Crippen LogP) is 2.30. The Balaban J connectivity index is 1.50. The van der Waals surface area contributed by atoms with E-state index in [9.17, 15) is 13.6 Å². The first-order valence-corrected chi connectivity index (χ1v) is 8.56. The molecule has 1 N–H and O–H groups in total. The van der Waals surface area contributed by atoms with Gasteiger partial charge in [-0.2, -0.15) is 0 Å². The summed E-state index contributed by atoms with van der Waals surface area (Å²) in [4.78, 5) is 14.5. The lowest BCUT2D eigenvalue weighted by Crippen LogP contribution is -2.56. The molecule has 3 aromatic heterocycles. The molecule has 0 saturated carbocycles. The molecule has 9 nitrogen and oxygen atoms in total. The van der Waals surface area contributed by atoms with E-state index in [1.165, 1.54) is 29.4 Å². The molecule has 0 unspecified atom stereocenters. The van der Waals surface area contributed by atoms with E-state index in [0.29, 0.717) is 0 Å². The molecule has 1 aliphatic rings. The van der Waals surface area contributed by atoms with E-state index >= 15 is 0 Å². The number of alkyl halides is 2. The fourth-order valence-corrected chi connectivity index (χ4v) is 3.08. The predicted molar refractivity (Wildman–Crippen MR) is 91.3 cm³/mol. The van der Waals surface area contributed by atoms with Crippen LogP contribution < -0.4 is 15.0 Å². The van der Waals surface area contributed by atoms with E-state index in [2.05, 4.69) is 25.7 Å². The number of anilines is 2. The number of carbonyl (C=O) groups excluding carboxylic acids is 1. The average molecular weight is 394 g/mol. The fourth-order valence-electron chi connectivity index (χ4n) is 2.44. The quantitative estimate of drug-likeness (QED) is 0.703. The topological polar surface area (TPSA) is 106 Å². The molecule has 1 aliphatic heterocycles. The summed E-state index contributed by atoms with van der Waals surface area (Å²) < 4.78 is 36.5. The van der Waals surface area contributed by atoms with E-state index in [4.69, 9.17) is 9.15 Å². The molecule has 12 heteroatoms. The monoisotopic (exact) mass is 394 g/mol. The minimum Gasteiger partial charge on any atom is -0.494 e. The molecule has 3 aromatic rings. The number of hydrogen-bond acceptors (Lipinski definition) is 9. The summed E-state index contributed by atoms with van der Waals surface area (Å²) in [7, 11) is 1.34. The number of rotatable bonds is 5. The van der Waals surface area contributed by atoms with E-state index in [1.54, 1.807) is 6.07 Å². The summed E-state index contributed by atoms with van der Waals surface area (Å²) in [6, 6.07) is 4.90. The van der Waals surface area contributed by atoms with Crippen LogP contribution in [0, 0.1) is 0 Å². The number of carbonyl (C=O) groups is 1. The molecule has 0 spiro atoms. The van der Waals surface area contributed by atoms with Crippen molar-refractivity contribution in [3.05, 3.63) is 29.3 Å². The Kier molecular flexibility index (Phi) is 4.18. The third kappa shape index (κ3) is 3.43. The number of ether oxygens (including phenoxy) is 1. The lowest BCUT2D eigenvalue weighted by Gasteiger charge is -2.39. The van der Waals surface area contributed by atoms with Gasteiger partial charge in [-0.3, -0.25) is 10.1 Å². The van der Waals surface area contributed by atoms with E-state index in [-0.39, 0.29) is 29.2 Å². The molecular formula is C15H12F2N6O3S. The number of halogens is 2. The zero-order valence-electron chi connectivity index (χ0n) is 13.8. The van der Waals surface area contributed by atoms with Gasteiger partial charge in [-0.1, -0.05) is 11.2 Å². The molecule has 1 amide bonds. The first-order valence-electron chi connectivity index (χ1n) is 7.68. The van der Waals surface area contributed by atoms with Gasteiger partial charge in [-0.05, 0) is 11.4 Å². The van der Waals surface area contributed by atoms with Crippen LogP contribution in [0.1, 0.15) is 10.5 Å². The van der Waals surface area contributed by atoms with Gasteiger partial charge < -0.3 is 14.1 Å². The molecule has 27 heavy (non-hydrogen) atoms. The third-order valence-corrected chi connectivity index (χ3v) is 4.58. The van der Waals surface area contributed by atoms with Crippen molar-refractivity contribution < 1.29 is 22.7 Å². The first kappa shape index (κ1) is 17.3. The van der Waals surface area contributed by atoms with Crippen LogP contribution in [0.4, 0.5) is 20.6 Å². The van der Waals surface area contributed by atoms with Crippen LogP contribution in [0.5, 0.6) is 5.75 Å². The minimum atomic E-state index is -2.75. The Labute approximate surface area is 155 Å². The molecular weight excluding hydrogens is 382 g/mol. The summed E-state index contributed by atoms with van der Waals surface area (Å²) >= 11 is 1.41. The third-order valence-electron chi connectivity index (χ3n) is 3.73. The molecule has 1 saturated heterocycles. The Morgan fingerprint density at radius 2 is 2.15 bits per heavy atom. The van der Waals surface area contributed by atoms with Crippen molar-refractivity contribution in [3.63, 3.8) is 0 Å². The van der Waals surface area contributed by atoms with Gasteiger partial charge >= 0.3 is 6.01 Å². The normalized spacial score (nSPS) is 15.3. The molecule has 0 bridgehead atoms. The van der Waals surface area contributed by atoms with Gasteiger partial charge in [-0.15, -0.1) is 26.6 Å². The minimum absolute atomic E-state index is 0.0886. The number of amides is 1. The van der Waals surface area contributed by atoms with E-state index in [1.807, 2.05) is 11.4 Å². The fraction of sp³-hybridized carbons (Fsp3) is 0.267. The Hall–Kier alpha value is -3.15. The number of nitrogens with one attached hydrogen (secondary N) is 1. The highest BCUT2D eigenvalue weighted by atomic mass is 32.1. The second-order valence-corrected chi connectivity index (χ2v) is 6.62. The highest BCUT2D eigenvalue weighted by Crippen LogP contribution is 2.32. The second kappa shape index (κ2) is 6.54. The van der Waals surface area contributed by atoms with Crippen LogP contribution in [0.3, 0.4) is 0 Å². The standard InChI is InChI=1S/C15H12F2N6O3S/c1-25-8-5-10(23-6-15(16,17)7-23)19-20-11(8)12(24)18-14-22-21-13(26-14)9-3-2-4-27-9/h2-5H,6-7H2,1H3,(H,18,22,24). The first-order chi connectivity index (χ1) is 12.9. The van der Waals surface area contributed by atoms with Crippen molar-refractivity contribution in [1.29, 1.82) is 0 Å². The molecule has 140 valence electrons. The average Bonchev–Trinajstić information content (AvgIpc) is 3.30. The molecule has 4 rings (SSSR count). The molecule has 0 aliphatic carbocycles. The van der Waals surface area contributed by atoms with Gasteiger partial charge in [0.2, 0.25) is 0 Å². The summed E-state index contributed by atoms with van der Waals surface area (Å²) in [5, 5.41) is 19.5. The van der Waals surface area contributed by atoms with Crippen LogP contribution in [0.2, 0.25) is 0 Å². The highest BCUT2D eigenvalue weighted by Gasteiger charge is 2.45. The van der Waals surface area contributed by atoms with Crippen LogP contribution >= 0.6 is 11.3 Å². The lowest BCUT2D eigenvalue weighted by atomic mass is 10.1. The molecule has 0 radical (unpaired) electrons. The van der Waals surface area contributed by atoms with Gasteiger partial charge in [0.25, 0.3) is 17.7 Å². The van der Waals surface area contributed by atoms with Crippen molar-refractivity contribution in [2.24, 2.45) is 0 Å². The van der Waals surface area contributed by atoms with Gasteiger partial charge in [0.05, 0.1) is 25.1 Å². The summed E-state index contributed by atoms with van der Waals surface area (Å²) in [6.07, 6.45) is 0. The largest absolute Gasteiger partial charge is 0.494 e.